The van der Waals surface area contributed by atoms with Crippen molar-refractivity contribution in [2.45, 2.75) is 39.5 Å². The fourth-order valence-electron chi connectivity index (χ4n) is 1.75. The molecule has 0 atom stereocenters. The Labute approximate surface area is 108 Å². The molecular formula is C15H20N2O. The van der Waals surface area contributed by atoms with Gasteiger partial charge in [0.2, 0.25) is 0 Å². The second-order valence-corrected chi connectivity index (χ2v) is 5.52. The van der Waals surface area contributed by atoms with E-state index < -0.39 is 0 Å². The van der Waals surface area contributed by atoms with Crippen LogP contribution in [0.5, 0.6) is 6.01 Å². The van der Waals surface area contributed by atoms with Crippen LogP contribution in [0.25, 0.3) is 10.9 Å². The molecule has 2 rings (SSSR count). The maximum Gasteiger partial charge on any atom is 0.316 e. The third-order valence-corrected chi connectivity index (χ3v) is 2.86. The van der Waals surface area contributed by atoms with E-state index in [2.05, 4.69) is 49.8 Å². The van der Waals surface area contributed by atoms with Gasteiger partial charge in [0.25, 0.3) is 0 Å². The highest BCUT2D eigenvalue weighted by Gasteiger charge is 2.14. The maximum atomic E-state index is 5.44. The Bertz CT molecular complexity index is 544. The van der Waals surface area contributed by atoms with Crippen molar-refractivity contribution < 1.29 is 4.74 Å². The summed E-state index contributed by atoms with van der Waals surface area (Å²) < 4.78 is 5.44. The van der Waals surface area contributed by atoms with Crippen molar-refractivity contribution in [3.63, 3.8) is 0 Å². The van der Waals surface area contributed by atoms with E-state index >= 15 is 0 Å². The normalized spacial score (nSPS) is 11.8. The van der Waals surface area contributed by atoms with E-state index in [4.69, 9.17) is 4.74 Å². The molecule has 3 heteroatoms. The molecule has 18 heavy (non-hydrogen) atoms. The summed E-state index contributed by atoms with van der Waals surface area (Å²) in [5.74, 6) is 0. The van der Waals surface area contributed by atoms with E-state index in [1.165, 1.54) is 5.56 Å². The van der Waals surface area contributed by atoms with Crippen molar-refractivity contribution >= 4 is 10.9 Å². The molecule has 0 saturated heterocycles. The maximum absolute atomic E-state index is 5.44. The average Bonchev–Trinajstić information content (AvgIpc) is 2.34. The molecule has 1 aromatic heterocycles. The van der Waals surface area contributed by atoms with Crippen molar-refractivity contribution in [3.05, 3.63) is 30.0 Å². The van der Waals surface area contributed by atoms with Gasteiger partial charge < -0.3 is 4.74 Å². The number of hydrogen-bond donors (Lipinski definition) is 0. The summed E-state index contributed by atoms with van der Waals surface area (Å²) in [5, 5.41) is 1.06. The number of fused-ring (bicyclic) bond motifs is 1. The fourth-order valence-corrected chi connectivity index (χ4v) is 1.75. The first-order valence-electron chi connectivity index (χ1n) is 6.41. The molecule has 3 nitrogen and oxygen atoms in total. The first-order chi connectivity index (χ1) is 8.50. The lowest BCUT2D eigenvalue weighted by Crippen LogP contribution is -2.10. The summed E-state index contributed by atoms with van der Waals surface area (Å²) in [6.07, 6.45) is 2.80. The highest BCUT2D eigenvalue weighted by Crippen LogP contribution is 2.25. The van der Waals surface area contributed by atoms with Crippen molar-refractivity contribution in [2.75, 3.05) is 6.61 Å². The molecule has 0 radical (unpaired) electrons. The largest absolute Gasteiger partial charge is 0.463 e. The highest BCUT2D eigenvalue weighted by molar-refractivity contribution is 5.78. The lowest BCUT2D eigenvalue weighted by Gasteiger charge is -2.19. The first-order valence-corrected chi connectivity index (χ1v) is 6.41. The molecule has 0 aliphatic heterocycles. The molecule has 96 valence electrons. The lowest BCUT2D eigenvalue weighted by molar-refractivity contribution is 0.293. The zero-order valence-corrected chi connectivity index (χ0v) is 11.5. The second kappa shape index (κ2) is 4.92. The SMILES string of the molecule is CCCOc1ncc2cc(C(C)(C)C)ccc2n1. The van der Waals surface area contributed by atoms with Crippen molar-refractivity contribution in [1.82, 2.24) is 9.97 Å². The van der Waals surface area contributed by atoms with Gasteiger partial charge >= 0.3 is 6.01 Å². The van der Waals surface area contributed by atoms with E-state index in [0.29, 0.717) is 12.6 Å². The monoisotopic (exact) mass is 244 g/mol. The van der Waals surface area contributed by atoms with E-state index in [-0.39, 0.29) is 5.41 Å². The molecule has 2 aromatic rings. The molecule has 0 aliphatic carbocycles. The molecular weight excluding hydrogens is 224 g/mol. The minimum absolute atomic E-state index is 0.144. The minimum atomic E-state index is 0.144. The molecule has 0 fully saturated rings. The van der Waals surface area contributed by atoms with E-state index in [9.17, 15) is 0 Å². The molecule has 0 amide bonds. The van der Waals surface area contributed by atoms with Gasteiger partial charge in [0, 0.05) is 11.6 Å². The van der Waals surface area contributed by atoms with Crippen LogP contribution in [0.15, 0.2) is 24.4 Å². The van der Waals surface area contributed by atoms with Crippen molar-refractivity contribution in [3.8, 4) is 6.01 Å². The highest BCUT2D eigenvalue weighted by atomic mass is 16.5. The second-order valence-electron chi connectivity index (χ2n) is 5.52. The van der Waals surface area contributed by atoms with Crippen LogP contribution in [0.1, 0.15) is 39.7 Å². The molecule has 0 aliphatic rings. The average molecular weight is 244 g/mol. The van der Waals surface area contributed by atoms with Gasteiger partial charge in [-0.25, -0.2) is 4.98 Å². The standard InChI is InChI=1S/C15H20N2O/c1-5-8-18-14-16-10-11-9-12(15(2,3)4)6-7-13(11)17-14/h6-7,9-10H,5,8H2,1-4H3. The molecule has 0 saturated carbocycles. The molecule has 1 aromatic carbocycles. The molecule has 0 unspecified atom stereocenters. The Morgan fingerprint density at radius 2 is 2.00 bits per heavy atom. The van der Waals surface area contributed by atoms with Crippen LogP contribution in [-0.4, -0.2) is 16.6 Å². The summed E-state index contributed by atoms with van der Waals surface area (Å²) in [4.78, 5) is 8.64. The minimum Gasteiger partial charge on any atom is -0.463 e. The summed E-state index contributed by atoms with van der Waals surface area (Å²) >= 11 is 0. The number of aromatic nitrogens is 2. The number of benzene rings is 1. The Morgan fingerprint density at radius 1 is 1.22 bits per heavy atom. The molecule has 0 N–H and O–H groups in total. The van der Waals surface area contributed by atoms with Crippen molar-refractivity contribution in [1.29, 1.82) is 0 Å². The number of nitrogens with zero attached hydrogens (tertiary/aromatic N) is 2. The Balaban J connectivity index is 2.36. The van der Waals surface area contributed by atoms with Crippen LogP contribution in [0.3, 0.4) is 0 Å². The van der Waals surface area contributed by atoms with Gasteiger partial charge in [-0.2, -0.15) is 4.98 Å². The summed E-state index contributed by atoms with van der Waals surface area (Å²) in [7, 11) is 0. The Kier molecular flexibility index (Phi) is 3.50. The van der Waals surface area contributed by atoms with Crippen LogP contribution in [0.4, 0.5) is 0 Å². The first kappa shape index (κ1) is 12.8. The quantitative estimate of drug-likeness (QED) is 0.825. The summed E-state index contributed by atoms with van der Waals surface area (Å²) in [6.45, 7) is 9.33. The number of ether oxygens (including phenoxy) is 1. The van der Waals surface area contributed by atoms with E-state index in [1.54, 1.807) is 0 Å². The third kappa shape index (κ3) is 2.78. The fraction of sp³-hybridized carbons (Fsp3) is 0.467. The van der Waals surface area contributed by atoms with Crippen LogP contribution in [0, 0.1) is 0 Å². The van der Waals surface area contributed by atoms with Crippen LogP contribution >= 0.6 is 0 Å². The van der Waals surface area contributed by atoms with Crippen molar-refractivity contribution in [2.24, 2.45) is 0 Å². The van der Waals surface area contributed by atoms with E-state index in [1.807, 2.05) is 12.3 Å². The van der Waals surface area contributed by atoms with Gasteiger partial charge in [0.05, 0.1) is 12.1 Å². The van der Waals surface area contributed by atoms with Crippen LogP contribution in [0.2, 0.25) is 0 Å². The predicted octanol–water partition coefficient (Wildman–Crippen LogP) is 3.72. The van der Waals surface area contributed by atoms with Crippen LogP contribution < -0.4 is 4.74 Å². The van der Waals surface area contributed by atoms with E-state index in [0.717, 1.165) is 17.3 Å². The molecule has 1 heterocycles. The van der Waals surface area contributed by atoms with Gasteiger partial charge in [-0.05, 0) is 29.5 Å². The van der Waals surface area contributed by atoms with Crippen LogP contribution in [-0.2, 0) is 5.41 Å². The van der Waals surface area contributed by atoms with Gasteiger partial charge in [0.15, 0.2) is 0 Å². The zero-order valence-electron chi connectivity index (χ0n) is 11.5. The smallest absolute Gasteiger partial charge is 0.316 e. The lowest BCUT2D eigenvalue weighted by atomic mass is 9.86. The summed E-state index contributed by atoms with van der Waals surface area (Å²) in [5.41, 5.74) is 2.37. The predicted molar refractivity (Wildman–Crippen MR) is 74.0 cm³/mol. The third-order valence-electron chi connectivity index (χ3n) is 2.86. The number of hydrogen-bond acceptors (Lipinski definition) is 3. The van der Waals surface area contributed by atoms with Gasteiger partial charge in [-0.15, -0.1) is 0 Å². The Hall–Kier alpha value is -1.64. The van der Waals surface area contributed by atoms with Gasteiger partial charge in [-0.1, -0.05) is 33.8 Å². The Morgan fingerprint density at radius 3 is 2.67 bits per heavy atom. The van der Waals surface area contributed by atoms with Gasteiger partial charge in [-0.3, -0.25) is 0 Å². The summed E-state index contributed by atoms with van der Waals surface area (Å²) in [6, 6.07) is 6.78. The topological polar surface area (TPSA) is 35.0 Å². The molecule has 0 bridgehead atoms. The zero-order chi connectivity index (χ0) is 13.2. The van der Waals surface area contributed by atoms with Gasteiger partial charge in [0.1, 0.15) is 0 Å². The number of rotatable bonds is 3. The molecule has 0 spiro atoms.